The molecule has 1 aromatic heterocycles. The standard InChI is InChI=1S/C17H12Cl2N4O2/c18-11-2-1-3-12(17(11)19)23-16-7-15(20-8-21-16)22-10-4-5-13-14(6-10)25-9-24-13/h1-8H,9H2,(H2,20,21,22,23). The van der Waals surface area contributed by atoms with Gasteiger partial charge in [0.25, 0.3) is 0 Å². The maximum atomic E-state index is 6.19. The summed E-state index contributed by atoms with van der Waals surface area (Å²) in [4.78, 5) is 8.41. The summed E-state index contributed by atoms with van der Waals surface area (Å²) >= 11 is 12.2. The molecule has 1 aliphatic heterocycles. The summed E-state index contributed by atoms with van der Waals surface area (Å²) in [6.45, 7) is 0.237. The van der Waals surface area contributed by atoms with E-state index in [2.05, 4.69) is 20.6 Å². The third-order valence-electron chi connectivity index (χ3n) is 3.53. The van der Waals surface area contributed by atoms with Gasteiger partial charge >= 0.3 is 0 Å². The van der Waals surface area contributed by atoms with E-state index in [1.165, 1.54) is 6.33 Å². The minimum absolute atomic E-state index is 0.237. The molecule has 0 fully saturated rings. The van der Waals surface area contributed by atoms with E-state index < -0.39 is 0 Å². The number of anilines is 4. The largest absolute Gasteiger partial charge is 0.454 e. The van der Waals surface area contributed by atoms with Crippen molar-refractivity contribution in [3.63, 3.8) is 0 Å². The van der Waals surface area contributed by atoms with Gasteiger partial charge in [0.15, 0.2) is 11.5 Å². The quantitative estimate of drug-likeness (QED) is 0.669. The third kappa shape index (κ3) is 3.40. The Hall–Kier alpha value is -2.70. The Balaban J connectivity index is 1.54. The second-order valence-corrected chi connectivity index (χ2v) is 5.99. The zero-order chi connectivity index (χ0) is 17.2. The monoisotopic (exact) mass is 374 g/mol. The molecule has 4 rings (SSSR count). The zero-order valence-corrected chi connectivity index (χ0v) is 14.3. The summed E-state index contributed by atoms with van der Waals surface area (Å²) in [7, 11) is 0. The average Bonchev–Trinajstić information content (AvgIpc) is 3.07. The van der Waals surface area contributed by atoms with Crippen LogP contribution in [0.1, 0.15) is 0 Å². The van der Waals surface area contributed by atoms with Crippen LogP contribution >= 0.6 is 23.2 Å². The van der Waals surface area contributed by atoms with Gasteiger partial charge in [-0.1, -0.05) is 29.3 Å². The number of ether oxygens (including phenoxy) is 2. The lowest BCUT2D eigenvalue weighted by atomic mass is 10.2. The van der Waals surface area contributed by atoms with Gasteiger partial charge in [-0.3, -0.25) is 0 Å². The van der Waals surface area contributed by atoms with Crippen molar-refractivity contribution in [2.75, 3.05) is 17.4 Å². The fourth-order valence-corrected chi connectivity index (χ4v) is 2.70. The summed E-state index contributed by atoms with van der Waals surface area (Å²) in [5.74, 6) is 2.63. The van der Waals surface area contributed by atoms with Gasteiger partial charge in [0.05, 0.1) is 15.7 Å². The minimum Gasteiger partial charge on any atom is -0.454 e. The van der Waals surface area contributed by atoms with Crippen molar-refractivity contribution in [2.45, 2.75) is 0 Å². The van der Waals surface area contributed by atoms with Crippen LogP contribution in [0.2, 0.25) is 10.0 Å². The lowest BCUT2D eigenvalue weighted by Gasteiger charge is -2.10. The number of aromatic nitrogens is 2. The number of benzene rings is 2. The first kappa shape index (κ1) is 15.8. The molecule has 0 amide bonds. The molecule has 0 saturated heterocycles. The first-order valence-corrected chi connectivity index (χ1v) is 8.14. The Bertz CT molecular complexity index is 936. The third-order valence-corrected chi connectivity index (χ3v) is 4.35. The number of nitrogens with zero attached hydrogens (tertiary/aromatic N) is 2. The van der Waals surface area contributed by atoms with Gasteiger partial charge in [0.1, 0.15) is 18.0 Å². The second-order valence-electron chi connectivity index (χ2n) is 5.21. The van der Waals surface area contributed by atoms with Crippen molar-refractivity contribution in [3.05, 3.63) is 58.8 Å². The minimum atomic E-state index is 0.237. The molecule has 25 heavy (non-hydrogen) atoms. The Morgan fingerprint density at radius 1 is 0.880 bits per heavy atom. The smallest absolute Gasteiger partial charge is 0.231 e. The van der Waals surface area contributed by atoms with Crippen LogP contribution in [0.5, 0.6) is 11.5 Å². The molecule has 2 N–H and O–H groups in total. The molecule has 0 radical (unpaired) electrons. The fourth-order valence-electron chi connectivity index (χ4n) is 2.35. The van der Waals surface area contributed by atoms with E-state index in [1.807, 2.05) is 30.3 Å². The number of fused-ring (bicyclic) bond motifs is 1. The van der Waals surface area contributed by atoms with Crippen LogP contribution in [0, 0.1) is 0 Å². The van der Waals surface area contributed by atoms with Crippen molar-refractivity contribution >= 4 is 46.2 Å². The zero-order valence-electron chi connectivity index (χ0n) is 12.8. The van der Waals surface area contributed by atoms with E-state index in [0.29, 0.717) is 33.1 Å². The normalized spacial score (nSPS) is 12.1. The Morgan fingerprint density at radius 3 is 2.56 bits per heavy atom. The summed E-state index contributed by atoms with van der Waals surface area (Å²) in [5, 5.41) is 7.24. The maximum Gasteiger partial charge on any atom is 0.231 e. The Morgan fingerprint density at radius 2 is 1.68 bits per heavy atom. The van der Waals surface area contributed by atoms with Gasteiger partial charge in [-0.05, 0) is 24.3 Å². The molecule has 8 heteroatoms. The van der Waals surface area contributed by atoms with Gasteiger partial charge in [-0.2, -0.15) is 0 Å². The van der Waals surface area contributed by atoms with Gasteiger partial charge in [-0.15, -0.1) is 0 Å². The van der Waals surface area contributed by atoms with Gasteiger partial charge in [-0.25, -0.2) is 9.97 Å². The molecule has 0 bridgehead atoms. The summed E-state index contributed by atoms with van der Waals surface area (Å²) < 4.78 is 10.7. The van der Waals surface area contributed by atoms with E-state index in [9.17, 15) is 0 Å². The second kappa shape index (κ2) is 6.66. The van der Waals surface area contributed by atoms with Gasteiger partial charge in [0, 0.05) is 17.8 Å². The molecule has 126 valence electrons. The van der Waals surface area contributed by atoms with Crippen molar-refractivity contribution in [3.8, 4) is 11.5 Å². The van der Waals surface area contributed by atoms with E-state index in [1.54, 1.807) is 12.1 Å². The summed E-state index contributed by atoms with van der Waals surface area (Å²) in [5.41, 5.74) is 1.50. The van der Waals surface area contributed by atoms with E-state index in [4.69, 9.17) is 32.7 Å². The van der Waals surface area contributed by atoms with Crippen molar-refractivity contribution in [1.82, 2.24) is 9.97 Å². The molecule has 0 saturated carbocycles. The lowest BCUT2D eigenvalue weighted by Crippen LogP contribution is -1.99. The van der Waals surface area contributed by atoms with Crippen molar-refractivity contribution < 1.29 is 9.47 Å². The summed E-state index contributed by atoms with van der Waals surface area (Å²) in [6, 6.07) is 12.7. The maximum absolute atomic E-state index is 6.19. The Kier molecular flexibility index (Phi) is 4.21. The van der Waals surface area contributed by atoms with E-state index >= 15 is 0 Å². The van der Waals surface area contributed by atoms with Crippen LogP contribution in [-0.4, -0.2) is 16.8 Å². The van der Waals surface area contributed by atoms with Gasteiger partial charge < -0.3 is 20.1 Å². The van der Waals surface area contributed by atoms with Crippen LogP contribution in [0.4, 0.5) is 23.0 Å². The molecular weight excluding hydrogens is 363 g/mol. The molecule has 2 heterocycles. The van der Waals surface area contributed by atoms with Gasteiger partial charge in [0.2, 0.25) is 6.79 Å². The van der Waals surface area contributed by atoms with Crippen LogP contribution in [0.15, 0.2) is 48.8 Å². The molecule has 0 unspecified atom stereocenters. The topological polar surface area (TPSA) is 68.3 Å². The fraction of sp³-hybridized carbons (Fsp3) is 0.0588. The number of nitrogens with one attached hydrogen (secondary N) is 2. The molecule has 2 aromatic carbocycles. The number of halogens is 2. The SMILES string of the molecule is Clc1cccc(Nc2cc(Nc3ccc4c(c3)OCO4)ncn2)c1Cl. The first-order chi connectivity index (χ1) is 12.2. The van der Waals surface area contributed by atoms with E-state index in [0.717, 1.165) is 11.4 Å². The van der Waals surface area contributed by atoms with Crippen LogP contribution in [0.25, 0.3) is 0 Å². The Labute approximate surface area is 153 Å². The highest BCUT2D eigenvalue weighted by atomic mass is 35.5. The van der Waals surface area contributed by atoms with Crippen LogP contribution in [-0.2, 0) is 0 Å². The lowest BCUT2D eigenvalue weighted by molar-refractivity contribution is 0.174. The number of rotatable bonds is 4. The molecule has 6 nitrogen and oxygen atoms in total. The highest BCUT2D eigenvalue weighted by Gasteiger charge is 2.13. The predicted octanol–water partition coefficient (Wildman–Crippen LogP) is 5.00. The average molecular weight is 375 g/mol. The number of hydrogen-bond donors (Lipinski definition) is 2. The molecule has 0 aliphatic carbocycles. The van der Waals surface area contributed by atoms with Crippen LogP contribution < -0.4 is 20.1 Å². The number of hydrogen-bond acceptors (Lipinski definition) is 6. The molecule has 0 spiro atoms. The van der Waals surface area contributed by atoms with Crippen molar-refractivity contribution in [2.24, 2.45) is 0 Å². The molecular formula is C17H12Cl2N4O2. The molecule has 3 aromatic rings. The molecule has 0 atom stereocenters. The summed E-state index contributed by atoms with van der Waals surface area (Å²) in [6.07, 6.45) is 1.45. The van der Waals surface area contributed by atoms with Crippen molar-refractivity contribution in [1.29, 1.82) is 0 Å². The molecule has 1 aliphatic rings. The van der Waals surface area contributed by atoms with Crippen LogP contribution in [0.3, 0.4) is 0 Å². The van der Waals surface area contributed by atoms with E-state index in [-0.39, 0.29) is 6.79 Å². The highest BCUT2D eigenvalue weighted by Crippen LogP contribution is 2.35. The first-order valence-electron chi connectivity index (χ1n) is 7.39. The highest BCUT2D eigenvalue weighted by molar-refractivity contribution is 6.43. The predicted molar refractivity (Wildman–Crippen MR) is 97.6 cm³/mol.